The Bertz CT molecular complexity index is 1390. The molecule has 0 saturated heterocycles. The second kappa shape index (κ2) is 13.7. The van der Waals surface area contributed by atoms with Crippen LogP contribution < -0.4 is 26.6 Å². The van der Waals surface area contributed by atoms with E-state index in [1.54, 1.807) is 23.7 Å². The number of nitrogens with one attached hydrogen (secondary N) is 3. The molecule has 8 nitrogen and oxygen atoms in total. The summed E-state index contributed by atoms with van der Waals surface area (Å²) in [6, 6.07) is 20.7. The summed E-state index contributed by atoms with van der Waals surface area (Å²) >= 11 is 1.66. The van der Waals surface area contributed by atoms with Crippen LogP contribution in [-0.4, -0.2) is 43.2 Å². The lowest BCUT2D eigenvalue weighted by atomic mass is 9.98. The molecule has 0 fully saturated rings. The van der Waals surface area contributed by atoms with Gasteiger partial charge in [0.2, 0.25) is 11.8 Å². The summed E-state index contributed by atoms with van der Waals surface area (Å²) in [5.74, 6) is -0.473. The third kappa shape index (κ3) is 7.28. The maximum absolute atomic E-state index is 13.9. The third-order valence-corrected chi connectivity index (χ3v) is 8.20. The van der Waals surface area contributed by atoms with Crippen LogP contribution in [0.2, 0.25) is 0 Å². The Morgan fingerprint density at radius 1 is 1.07 bits per heavy atom. The van der Waals surface area contributed by atoms with Crippen molar-refractivity contribution >= 4 is 35.3 Å². The van der Waals surface area contributed by atoms with E-state index in [2.05, 4.69) is 22.0 Å². The third-order valence-electron chi connectivity index (χ3n) is 7.47. The molecule has 0 radical (unpaired) electrons. The Balaban J connectivity index is 1.60. The minimum atomic E-state index is -0.674. The number of amides is 4. The van der Waals surface area contributed by atoms with Crippen molar-refractivity contribution in [3.63, 3.8) is 0 Å². The molecule has 0 spiro atoms. The number of urea groups is 1. The molecule has 5 N–H and O–H groups in total. The number of carbonyl (C=O) groups excluding carboxylic acids is 3. The predicted molar refractivity (Wildman–Crippen MR) is 166 cm³/mol. The van der Waals surface area contributed by atoms with Crippen LogP contribution >= 0.6 is 11.8 Å². The van der Waals surface area contributed by atoms with Crippen molar-refractivity contribution in [2.75, 3.05) is 18.2 Å². The second-order valence-corrected chi connectivity index (χ2v) is 11.5. The van der Waals surface area contributed by atoms with Crippen molar-refractivity contribution in [1.29, 1.82) is 0 Å². The highest BCUT2D eigenvalue weighted by Gasteiger charge is 2.33. The number of fused-ring (bicyclic) bond motifs is 1. The van der Waals surface area contributed by atoms with Crippen LogP contribution in [0.25, 0.3) is 11.1 Å². The van der Waals surface area contributed by atoms with Gasteiger partial charge in [0.25, 0.3) is 0 Å². The second-order valence-electron chi connectivity index (χ2n) is 10.6. The quantitative estimate of drug-likeness (QED) is 0.282. The Morgan fingerprint density at radius 3 is 2.49 bits per heavy atom. The molecule has 0 aliphatic carbocycles. The molecule has 4 amide bonds. The minimum Gasteiger partial charge on any atom is -0.343 e. The first-order valence-electron chi connectivity index (χ1n) is 13.9. The SMILES string of the molecule is CNC(=O)NCc1ccccc1-c1ccc(CN2C(=O)[C@H](NC(=O)C(N)C(C)C)CCc3cc(SC)ccc32)cc1. The Hall–Kier alpha value is -3.82. The number of nitrogens with two attached hydrogens (primary N) is 1. The van der Waals surface area contributed by atoms with Crippen LogP contribution in [0.4, 0.5) is 10.5 Å². The summed E-state index contributed by atoms with van der Waals surface area (Å²) in [5.41, 5.74) is 12.1. The number of anilines is 1. The number of carbonyl (C=O) groups is 3. The number of hydrogen-bond acceptors (Lipinski definition) is 5. The smallest absolute Gasteiger partial charge is 0.314 e. The van der Waals surface area contributed by atoms with Gasteiger partial charge in [0.05, 0.1) is 12.6 Å². The van der Waals surface area contributed by atoms with Gasteiger partial charge < -0.3 is 26.6 Å². The molecule has 1 aliphatic rings. The number of thioether (sulfide) groups is 1. The van der Waals surface area contributed by atoms with E-state index in [0.29, 0.717) is 25.9 Å². The van der Waals surface area contributed by atoms with Crippen molar-refractivity contribution in [3.05, 3.63) is 83.4 Å². The van der Waals surface area contributed by atoms with Gasteiger partial charge in [-0.05, 0) is 71.0 Å². The summed E-state index contributed by atoms with van der Waals surface area (Å²) in [6.07, 6.45) is 3.22. The zero-order valence-corrected chi connectivity index (χ0v) is 24.9. The van der Waals surface area contributed by atoms with Crippen molar-refractivity contribution in [2.45, 2.75) is 56.8 Å². The standard InChI is InChI=1S/C32H39N5O3S/c1-20(2)29(33)30(38)36-27-15-13-23-17-25(41-4)14-16-28(23)37(31(27)39)19-21-9-11-22(12-10-21)26-8-6-5-7-24(26)18-35-32(40)34-3/h5-12,14,16-17,20,27,29H,13,15,18-19,33H2,1-4H3,(H,36,38)(H2,34,35,40)/t27-,29?/m1/s1. The monoisotopic (exact) mass is 573 g/mol. The number of rotatable bonds is 9. The normalized spacial score (nSPS) is 15.6. The fourth-order valence-corrected chi connectivity index (χ4v) is 5.41. The maximum atomic E-state index is 13.9. The number of aryl methyl sites for hydroxylation is 1. The molecule has 1 aliphatic heterocycles. The number of hydrogen-bond donors (Lipinski definition) is 4. The van der Waals surface area contributed by atoms with Gasteiger partial charge in [-0.15, -0.1) is 11.8 Å². The minimum absolute atomic E-state index is 0.0310. The molecule has 216 valence electrons. The van der Waals surface area contributed by atoms with E-state index in [1.807, 2.05) is 80.8 Å². The first kappa shape index (κ1) is 30.1. The van der Waals surface area contributed by atoms with E-state index < -0.39 is 12.1 Å². The van der Waals surface area contributed by atoms with Crippen LogP contribution in [0.3, 0.4) is 0 Å². The van der Waals surface area contributed by atoms with Crippen molar-refractivity contribution in [3.8, 4) is 11.1 Å². The summed E-state index contributed by atoms with van der Waals surface area (Å²) in [5, 5.41) is 8.36. The average molecular weight is 574 g/mol. The lowest BCUT2D eigenvalue weighted by molar-refractivity contribution is -0.129. The molecule has 1 unspecified atom stereocenters. The van der Waals surface area contributed by atoms with Gasteiger partial charge in [-0.25, -0.2) is 4.79 Å². The Morgan fingerprint density at radius 2 is 1.80 bits per heavy atom. The number of benzene rings is 3. The molecule has 3 aromatic carbocycles. The highest BCUT2D eigenvalue weighted by molar-refractivity contribution is 7.98. The molecule has 3 aromatic rings. The van der Waals surface area contributed by atoms with Crippen LogP contribution in [-0.2, 0) is 29.1 Å². The van der Waals surface area contributed by atoms with Crippen LogP contribution in [0.1, 0.15) is 37.0 Å². The fraction of sp³-hybridized carbons (Fsp3) is 0.344. The van der Waals surface area contributed by atoms with Gasteiger partial charge in [-0.2, -0.15) is 0 Å². The molecule has 0 aromatic heterocycles. The molecule has 1 heterocycles. The average Bonchev–Trinajstić information content (AvgIpc) is 3.11. The molecule has 0 bridgehead atoms. The van der Waals surface area contributed by atoms with E-state index in [9.17, 15) is 14.4 Å². The highest BCUT2D eigenvalue weighted by atomic mass is 32.2. The lowest BCUT2D eigenvalue weighted by Gasteiger charge is -2.27. The zero-order valence-electron chi connectivity index (χ0n) is 24.1. The summed E-state index contributed by atoms with van der Waals surface area (Å²) < 4.78 is 0. The maximum Gasteiger partial charge on any atom is 0.314 e. The first-order chi connectivity index (χ1) is 19.7. The van der Waals surface area contributed by atoms with Crippen LogP contribution in [0, 0.1) is 5.92 Å². The first-order valence-corrected chi connectivity index (χ1v) is 15.1. The summed E-state index contributed by atoms with van der Waals surface area (Å²) in [7, 11) is 1.59. The molecular formula is C32H39N5O3S. The van der Waals surface area contributed by atoms with E-state index >= 15 is 0 Å². The molecule has 4 rings (SSSR count). The van der Waals surface area contributed by atoms with E-state index in [1.165, 1.54) is 0 Å². The van der Waals surface area contributed by atoms with Gasteiger partial charge in [-0.3, -0.25) is 9.59 Å². The van der Waals surface area contributed by atoms with Gasteiger partial charge in [0, 0.05) is 24.2 Å². The van der Waals surface area contributed by atoms with Crippen molar-refractivity contribution < 1.29 is 14.4 Å². The van der Waals surface area contributed by atoms with Gasteiger partial charge in [0.15, 0.2) is 0 Å². The molecule has 0 saturated carbocycles. The highest BCUT2D eigenvalue weighted by Crippen LogP contribution is 2.32. The molecular weight excluding hydrogens is 534 g/mol. The van der Waals surface area contributed by atoms with E-state index in [0.717, 1.165) is 38.4 Å². The van der Waals surface area contributed by atoms with Crippen LogP contribution in [0.15, 0.2) is 71.6 Å². The molecule has 9 heteroatoms. The van der Waals surface area contributed by atoms with Crippen molar-refractivity contribution in [2.24, 2.45) is 11.7 Å². The lowest BCUT2D eigenvalue weighted by Crippen LogP contribution is -2.53. The number of nitrogens with zero attached hydrogens (tertiary/aromatic N) is 1. The van der Waals surface area contributed by atoms with E-state index in [-0.39, 0.29) is 23.8 Å². The summed E-state index contributed by atoms with van der Waals surface area (Å²) in [6.45, 7) is 4.56. The Kier molecular flexibility index (Phi) is 10.1. The topological polar surface area (TPSA) is 117 Å². The van der Waals surface area contributed by atoms with Crippen LogP contribution in [0.5, 0.6) is 0 Å². The summed E-state index contributed by atoms with van der Waals surface area (Å²) in [4.78, 5) is 41.3. The zero-order chi connectivity index (χ0) is 29.5. The Labute approximate surface area is 246 Å². The van der Waals surface area contributed by atoms with Gasteiger partial charge in [-0.1, -0.05) is 62.4 Å². The van der Waals surface area contributed by atoms with Gasteiger partial charge >= 0.3 is 6.03 Å². The molecule has 41 heavy (non-hydrogen) atoms. The fourth-order valence-electron chi connectivity index (χ4n) is 4.94. The van der Waals surface area contributed by atoms with E-state index in [4.69, 9.17) is 5.73 Å². The van der Waals surface area contributed by atoms with Crippen molar-refractivity contribution in [1.82, 2.24) is 16.0 Å². The largest absolute Gasteiger partial charge is 0.343 e. The van der Waals surface area contributed by atoms with Gasteiger partial charge in [0.1, 0.15) is 6.04 Å². The molecule has 2 atom stereocenters. The predicted octanol–water partition coefficient (Wildman–Crippen LogP) is 4.45.